The fourth-order valence-corrected chi connectivity index (χ4v) is 2.16. The number of rotatable bonds is 4. The number of carbonyl (C=O) groups is 1. The first kappa shape index (κ1) is 12.6. The molecule has 2 rings (SSSR count). The largest absolute Gasteiger partial charge is 0.299 e. The molecule has 0 N–H and O–H groups in total. The number of allylic oxidation sites excluding steroid dienone is 6. The van der Waals surface area contributed by atoms with Crippen LogP contribution in [0.15, 0.2) is 60.2 Å². The molecule has 0 bridgehead atoms. The molecule has 0 aliphatic heterocycles. The minimum Gasteiger partial charge on any atom is -0.299 e. The number of hydrogen-bond donors (Lipinski definition) is 0. The van der Waals surface area contributed by atoms with Gasteiger partial charge >= 0.3 is 0 Å². The fourth-order valence-electron chi connectivity index (χ4n) is 2.16. The summed E-state index contributed by atoms with van der Waals surface area (Å²) in [5.74, 6) is 0. The third-order valence-electron chi connectivity index (χ3n) is 3.16. The molecule has 1 heteroatoms. The van der Waals surface area contributed by atoms with Crippen LogP contribution in [0.5, 0.6) is 0 Å². The topological polar surface area (TPSA) is 17.1 Å². The van der Waals surface area contributed by atoms with E-state index in [1.165, 1.54) is 24.8 Å². The van der Waals surface area contributed by atoms with Gasteiger partial charge in [-0.15, -0.1) is 0 Å². The van der Waals surface area contributed by atoms with Gasteiger partial charge in [-0.1, -0.05) is 54.1 Å². The third-order valence-corrected chi connectivity index (χ3v) is 3.16. The lowest BCUT2D eigenvalue weighted by Gasteiger charge is -2.08. The number of benzene rings is 1. The Morgan fingerprint density at radius 3 is 2.61 bits per heavy atom. The van der Waals surface area contributed by atoms with Crippen molar-refractivity contribution < 1.29 is 4.79 Å². The molecule has 0 fully saturated rings. The minimum absolute atomic E-state index is 0.849. The van der Waals surface area contributed by atoms with Crippen LogP contribution in [-0.4, -0.2) is 6.29 Å². The van der Waals surface area contributed by atoms with Crippen LogP contribution in [0.2, 0.25) is 0 Å². The number of aldehydes is 1. The van der Waals surface area contributed by atoms with E-state index in [0.29, 0.717) is 0 Å². The lowest BCUT2D eigenvalue weighted by Crippen LogP contribution is -1.89. The van der Waals surface area contributed by atoms with E-state index >= 15 is 0 Å². The van der Waals surface area contributed by atoms with Crippen LogP contribution in [-0.2, 0) is 4.79 Å². The summed E-state index contributed by atoms with van der Waals surface area (Å²) in [5, 5.41) is 0. The van der Waals surface area contributed by atoms with Crippen molar-refractivity contribution in [1.82, 2.24) is 0 Å². The smallest absolute Gasteiger partial charge is 0.143 e. The van der Waals surface area contributed by atoms with Gasteiger partial charge in [0.15, 0.2) is 0 Å². The number of hydrogen-bond acceptors (Lipinski definition) is 1. The highest BCUT2D eigenvalue weighted by atomic mass is 16.1. The second-order valence-electron chi connectivity index (χ2n) is 4.48. The number of carbonyl (C=O) groups excluding carboxylic acids is 1. The Balaban J connectivity index is 2.17. The van der Waals surface area contributed by atoms with Crippen LogP contribution in [0, 0.1) is 0 Å². The molecule has 0 atom stereocenters. The molecule has 0 spiro atoms. The van der Waals surface area contributed by atoms with E-state index in [2.05, 4.69) is 12.2 Å². The van der Waals surface area contributed by atoms with Crippen LogP contribution >= 0.6 is 0 Å². The molecule has 18 heavy (non-hydrogen) atoms. The highest BCUT2D eigenvalue weighted by Gasteiger charge is 2.01. The summed E-state index contributed by atoms with van der Waals surface area (Å²) in [6, 6.07) is 10.0. The zero-order valence-corrected chi connectivity index (χ0v) is 10.5. The molecular formula is C17H18O. The van der Waals surface area contributed by atoms with Gasteiger partial charge in [-0.3, -0.25) is 4.79 Å². The second-order valence-corrected chi connectivity index (χ2v) is 4.48. The van der Waals surface area contributed by atoms with Crippen molar-refractivity contribution in [3.05, 3.63) is 65.8 Å². The zero-order valence-electron chi connectivity index (χ0n) is 10.5. The van der Waals surface area contributed by atoms with Gasteiger partial charge in [-0.05, 0) is 42.9 Å². The van der Waals surface area contributed by atoms with Gasteiger partial charge in [0.2, 0.25) is 0 Å². The van der Waals surface area contributed by atoms with E-state index in [4.69, 9.17) is 0 Å². The molecule has 0 aromatic heterocycles. The molecule has 0 amide bonds. The lowest BCUT2D eigenvalue weighted by atomic mass is 9.97. The summed E-state index contributed by atoms with van der Waals surface area (Å²) in [6.07, 6.45) is 13.8. The van der Waals surface area contributed by atoms with Crippen molar-refractivity contribution in [3.8, 4) is 0 Å². The van der Waals surface area contributed by atoms with Crippen LogP contribution in [0.1, 0.15) is 31.2 Å². The molecule has 1 aliphatic carbocycles. The predicted octanol–water partition coefficient (Wildman–Crippen LogP) is 4.33. The van der Waals surface area contributed by atoms with Crippen molar-refractivity contribution >= 4 is 11.9 Å². The zero-order chi connectivity index (χ0) is 12.6. The maximum Gasteiger partial charge on any atom is 0.143 e. The average Bonchev–Trinajstić information content (AvgIpc) is 2.45. The van der Waals surface area contributed by atoms with Crippen molar-refractivity contribution in [2.45, 2.75) is 25.7 Å². The maximum absolute atomic E-state index is 10.7. The van der Waals surface area contributed by atoms with E-state index in [1.807, 2.05) is 36.4 Å². The molecule has 1 nitrogen and oxygen atoms in total. The predicted molar refractivity (Wildman–Crippen MR) is 76.2 cm³/mol. The summed E-state index contributed by atoms with van der Waals surface area (Å²) in [6.45, 7) is 0. The minimum atomic E-state index is 0.849. The molecular weight excluding hydrogens is 220 g/mol. The van der Waals surface area contributed by atoms with E-state index < -0.39 is 0 Å². The molecule has 0 saturated carbocycles. The second kappa shape index (κ2) is 6.75. The van der Waals surface area contributed by atoms with E-state index in [9.17, 15) is 4.79 Å². The first-order valence-electron chi connectivity index (χ1n) is 6.48. The Hall–Kier alpha value is -1.89. The third kappa shape index (κ3) is 3.56. The Labute approximate surface area is 109 Å². The molecule has 0 radical (unpaired) electrons. The monoisotopic (exact) mass is 238 g/mol. The van der Waals surface area contributed by atoms with Crippen LogP contribution < -0.4 is 0 Å². The molecule has 1 aromatic rings. The first-order valence-corrected chi connectivity index (χ1v) is 6.48. The van der Waals surface area contributed by atoms with Gasteiger partial charge in [-0.2, -0.15) is 0 Å². The lowest BCUT2D eigenvalue weighted by molar-refractivity contribution is -0.104. The van der Waals surface area contributed by atoms with Crippen LogP contribution in [0.4, 0.5) is 0 Å². The van der Waals surface area contributed by atoms with Crippen molar-refractivity contribution in [2.75, 3.05) is 0 Å². The molecule has 0 unspecified atom stereocenters. The molecule has 0 heterocycles. The van der Waals surface area contributed by atoms with Crippen LogP contribution in [0.3, 0.4) is 0 Å². The Kier molecular flexibility index (Phi) is 4.71. The normalized spacial score (nSPS) is 16.7. The highest BCUT2D eigenvalue weighted by molar-refractivity contribution is 5.86. The summed E-state index contributed by atoms with van der Waals surface area (Å²) in [7, 11) is 0. The fraction of sp³-hybridized carbons (Fsp3) is 0.235. The van der Waals surface area contributed by atoms with E-state index in [0.717, 1.165) is 23.8 Å². The first-order chi connectivity index (χ1) is 8.90. The SMILES string of the molecule is O=C/C=C(\C=C\C1=CCCCC1)c1ccccc1. The Morgan fingerprint density at radius 2 is 1.94 bits per heavy atom. The maximum atomic E-state index is 10.7. The highest BCUT2D eigenvalue weighted by Crippen LogP contribution is 2.21. The Morgan fingerprint density at radius 1 is 1.11 bits per heavy atom. The molecule has 92 valence electrons. The van der Waals surface area contributed by atoms with Crippen molar-refractivity contribution in [3.63, 3.8) is 0 Å². The van der Waals surface area contributed by atoms with Gasteiger partial charge in [0.05, 0.1) is 0 Å². The van der Waals surface area contributed by atoms with Gasteiger partial charge < -0.3 is 0 Å². The Bertz CT molecular complexity index is 478. The standard InChI is InChI=1S/C17H18O/c18-14-13-17(16-9-5-2-6-10-16)12-11-15-7-3-1-4-8-15/h2,5-7,9-14H,1,3-4,8H2/b12-11+,17-13+. The van der Waals surface area contributed by atoms with Crippen molar-refractivity contribution in [2.24, 2.45) is 0 Å². The molecule has 1 aliphatic rings. The van der Waals surface area contributed by atoms with Gasteiger partial charge in [0.1, 0.15) is 6.29 Å². The van der Waals surface area contributed by atoms with Crippen LogP contribution in [0.25, 0.3) is 5.57 Å². The summed E-state index contributed by atoms with van der Waals surface area (Å²) in [4.78, 5) is 10.7. The summed E-state index contributed by atoms with van der Waals surface area (Å²) < 4.78 is 0. The van der Waals surface area contributed by atoms with Gasteiger partial charge in [-0.25, -0.2) is 0 Å². The summed E-state index contributed by atoms with van der Waals surface area (Å²) in [5.41, 5.74) is 3.43. The quantitative estimate of drug-likeness (QED) is 0.433. The summed E-state index contributed by atoms with van der Waals surface area (Å²) >= 11 is 0. The van der Waals surface area contributed by atoms with E-state index in [-0.39, 0.29) is 0 Å². The van der Waals surface area contributed by atoms with Gasteiger partial charge in [0.25, 0.3) is 0 Å². The van der Waals surface area contributed by atoms with Gasteiger partial charge in [0, 0.05) is 0 Å². The average molecular weight is 238 g/mol. The van der Waals surface area contributed by atoms with E-state index in [1.54, 1.807) is 6.08 Å². The molecule has 0 saturated heterocycles. The molecule has 1 aromatic carbocycles. The van der Waals surface area contributed by atoms with Crippen molar-refractivity contribution in [1.29, 1.82) is 0 Å².